The molecule has 0 saturated carbocycles. The van der Waals surface area contributed by atoms with Crippen molar-refractivity contribution in [3.05, 3.63) is 119 Å². The topological polar surface area (TPSA) is 131 Å². The third kappa shape index (κ3) is 12.4. The SMILES string of the molecule is CCCCCCCOc1ccc(C(=O)Oc2cccc(CN(CC(=O)O)C(=O)c3ccc(NC(=O)Cc4ccc(OC)cc4C(F)(F)F)cc3)c2)cc1. The summed E-state index contributed by atoms with van der Waals surface area (Å²) >= 11 is 0. The summed E-state index contributed by atoms with van der Waals surface area (Å²) < 4.78 is 56.9. The second-order valence-corrected chi connectivity index (χ2v) is 12.2. The Balaban J connectivity index is 1.36. The summed E-state index contributed by atoms with van der Waals surface area (Å²) in [4.78, 5) is 51.7. The maximum atomic E-state index is 13.6. The van der Waals surface area contributed by atoms with Crippen molar-refractivity contribution in [1.82, 2.24) is 4.90 Å². The number of unbranched alkanes of at least 4 members (excludes halogenated alkanes) is 4. The van der Waals surface area contributed by atoms with Crippen LogP contribution in [0, 0.1) is 0 Å². The quantitative estimate of drug-likeness (QED) is 0.0595. The van der Waals surface area contributed by atoms with Crippen LogP contribution in [0.2, 0.25) is 0 Å². The van der Waals surface area contributed by atoms with Crippen molar-refractivity contribution in [3.63, 3.8) is 0 Å². The fourth-order valence-electron chi connectivity index (χ4n) is 5.40. The molecule has 2 N–H and O–H groups in total. The molecule has 0 fully saturated rings. The number of carbonyl (C=O) groups is 4. The van der Waals surface area contributed by atoms with Gasteiger partial charge < -0.3 is 29.5 Å². The lowest BCUT2D eigenvalue weighted by molar-refractivity contribution is -0.139. The van der Waals surface area contributed by atoms with Gasteiger partial charge in [-0.3, -0.25) is 14.4 Å². The standard InChI is InChI=1S/C40H41F3N2O8/c1-3-4-5-6-7-21-52-32-18-13-29(14-19-32)39(50)53-34-10-8-9-27(22-34)25-45(26-37(47)48)38(49)28-11-16-31(17-12-28)44-36(46)23-30-15-20-33(51-2)24-35(30)40(41,42)43/h8-20,22,24H,3-7,21,23,25-26H2,1-2H3,(H,44,46)(H,47,48). The van der Waals surface area contributed by atoms with E-state index in [0.717, 1.165) is 23.8 Å². The Hall–Kier alpha value is -5.85. The first-order valence-electron chi connectivity index (χ1n) is 17.0. The van der Waals surface area contributed by atoms with E-state index in [0.29, 0.717) is 23.5 Å². The lowest BCUT2D eigenvalue weighted by Gasteiger charge is -2.21. The summed E-state index contributed by atoms with van der Waals surface area (Å²) in [5, 5.41) is 12.0. The van der Waals surface area contributed by atoms with Crippen LogP contribution in [0.15, 0.2) is 91.0 Å². The smallest absolute Gasteiger partial charge is 0.416 e. The number of esters is 1. The summed E-state index contributed by atoms with van der Waals surface area (Å²) in [5.41, 5.74) is -0.117. The number of nitrogens with one attached hydrogen (secondary N) is 1. The van der Waals surface area contributed by atoms with Gasteiger partial charge in [-0.2, -0.15) is 13.2 Å². The average molecular weight is 735 g/mol. The number of benzene rings is 4. The Kier molecular flexibility index (Phi) is 14.4. The number of carboxylic acid groups (broad SMARTS) is 1. The molecule has 0 heterocycles. The fourth-order valence-corrected chi connectivity index (χ4v) is 5.40. The Morgan fingerprint density at radius 1 is 0.792 bits per heavy atom. The van der Waals surface area contributed by atoms with E-state index >= 15 is 0 Å². The molecule has 0 aliphatic rings. The summed E-state index contributed by atoms with van der Waals surface area (Å²) in [5.74, 6) is -2.38. The number of hydrogen-bond acceptors (Lipinski definition) is 7. The van der Waals surface area contributed by atoms with Gasteiger partial charge in [0.15, 0.2) is 0 Å². The van der Waals surface area contributed by atoms with Crippen LogP contribution in [-0.2, 0) is 28.7 Å². The number of aliphatic carboxylic acids is 1. The van der Waals surface area contributed by atoms with Crippen LogP contribution in [0.1, 0.15) is 76.4 Å². The molecule has 4 rings (SSSR count). The lowest BCUT2D eigenvalue weighted by atomic mass is 10.0. The van der Waals surface area contributed by atoms with Crippen LogP contribution in [0.5, 0.6) is 17.2 Å². The Morgan fingerprint density at radius 2 is 1.47 bits per heavy atom. The van der Waals surface area contributed by atoms with Crippen LogP contribution < -0.4 is 19.5 Å². The van der Waals surface area contributed by atoms with Crippen molar-refractivity contribution >= 4 is 29.4 Å². The fraction of sp³-hybridized carbons (Fsp3) is 0.300. The van der Waals surface area contributed by atoms with Gasteiger partial charge in [-0.25, -0.2) is 4.79 Å². The van der Waals surface area contributed by atoms with Crippen molar-refractivity contribution < 1.29 is 51.7 Å². The monoisotopic (exact) mass is 734 g/mol. The van der Waals surface area contributed by atoms with Gasteiger partial charge in [0, 0.05) is 17.8 Å². The molecule has 0 spiro atoms. The number of alkyl halides is 3. The molecule has 0 aliphatic carbocycles. The zero-order chi connectivity index (χ0) is 38.4. The van der Waals surface area contributed by atoms with Gasteiger partial charge in [0.25, 0.3) is 5.91 Å². The molecule has 0 aliphatic heterocycles. The number of rotatable bonds is 18. The van der Waals surface area contributed by atoms with E-state index in [1.807, 2.05) is 0 Å². The van der Waals surface area contributed by atoms with Crippen molar-refractivity contribution in [2.45, 2.75) is 58.2 Å². The van der Waals surface area contributed by atoms with Crippen molar-refractivity contribution in [2.24, 2.45) is 0 Å². The van der Waals surface area contributed by atoms with Gasteiger partial charge in [-0.05, 0) is 90.3 Å². The van der Waals surface area contributed by atoms with Crippen LogP contribution in [0.25, 0.3) is 0 Å². The molecule has 0 unspecified atom stereocenters. The molecule has 13 heteroatoms. The van der Waals surface area contributed by atoms with E-state index in [-0.39, 0.29) is 34.9 Å². The number of anilines is 1. The second-order valence-electron chi connectivity index (χ2n) is 12.2. The average Bonchev–Trinajstić information content (AvgIpc) is 3.12. The number of ether oxygens (including phenoxy) is 3. The van der Waals surface area contributed by atoms with E-state index in [4.69, 9.17) is 14.2 Å². The minimum absolute atomic E-state index is 0.00110. The van der Waals surface area contributed by atoms with Crippen LogP contribution in [0.3, 0.4) is 0 Å². The molecule has 4 aromatic carbocycles. The number of carbonyl (C=O) groups excluding carboxylic acids is 3. The summed E-state index contributed by atoms with van der Waals surface area (Å²) in [6.07, 6.45) is 0.334. The molecule has 53 heavy (non-hydrogen) atoms. The Bertz CT molecular complexity index is 1860. The number of methoxy groups -OCH3 is 1. The highest BCUT2D eigenvalue weighted by Crippen LogP contribution is 2.35. The number of nitrogens with zero attached hydrogens (tertiary/aromatic N) is 1. The molecule has 10 nitrogen and oxygen atoms in total. The highest BCUT2D eigenvalue weighted by Gasteiger charge is 2.34. The summed E-state index contributed by atoms with van der Waals surface area (Å²) in [6, 6.07) is 21.8. The molecular formula is C40H41F3N2O8. The molecule has 0 radical (unpaired) electrons. The molecule has 2 amide bonds. The van der Waals surface area contributed by atoms with Crippen LogP contribution in [-0.4, -0.2) is 54.0 Å². The van der Waals surface area contributed by atoms with Crippen LogP contribution in [0.4, 0.5) is 18.9 Å². The summed E-state index contributed by atoms with van der Waals surface area (Å²) in [6.45, 7) is 1.98. The second kappa shape index (κ2) is 19.1. The number of carboxylic acids is 1. The predicted octanol–water partition coefficient (Wildman–Crippen LogP) is 8.19. The molecule has 0 saturated heterocycles. The minimum atomic E-state index is -4.70. The van der Waals surface area contributed by atoms with Gasteiger partial charge in [0.1, 0.15) is 23.8 Å². The maximum absolute atomic E-state index is 13.6. The minimum Gasteiger partial charge on any atom is -0.497 e. The highest BCUT2D eigenvalue weighted by molar-refractivity contribution is 5.97. The first-order chi connectivity index (χ1) is 25.4. The third-order valence-corrected chi connectivity index (χ3v) is 8.09. The molecule has 280 valence electrons. The Labute approximate surface area is 305 Å². The van der Waals surface area contributed by atoms with E-state index in [1.54, 1.807) is 42.5 Å². The van der Waals surface area contributed by atoms with Crippen LogP contribution >= 0.6 is 0 Å². The van der Waals surface area contributed by atoms with E-state index in [1.165, 1.54) is 68.8 Å². The first-order valence-corrected chi connectivity index (χ1v) is 17.0. The van der Waals surface area contributed by atoms with Gasteiger partial charge in [-0.1, -0.05) is 50.8 Å². The van der Waals surface area contributed by atoms with E-state index < -0.39 is 48.5 Å². The van der Waals surface area contributed by atoms with E-state index in [2.05, 4.69) is 12.2 Å². The van der Waals surface area contributed by atoms with Gasteiger partial charge in [0.2, 0.25) is 5.91 Å². The zero-order valence-corrected chi connectivity index (χ0v) is 29.4. The zero-order valence-electron chi connectivity index (χ0n) is 29.4. The van der Waals surface area contributed by atoms with Crippen molar-refractivity contribution in [3.8, 4) is 17.2 Å². The van der Waals surface area contributed by atoms with E-state index in [9.17, 15) is 37.5 Å². The normalized spacial score (nSPS) is 11.0. The summed E-state index contributed by atoms with van der Waals surface area (Å²) in [7, 11) is 1.24. The predicted molar refractivity (Wildman–Crippen MR) is 191 cm³/mol. The number of halogens is 3. The molecule has 0 aromatic heterocycles. The number of amides is 2. The third-order valence-electron chi connectivity index (χ3n) is 8.09. The molecule has 0 bridgehead atoms. The molecule has 4 aromatic rings. The number of hydrogen-bond donors (Lipinski definition) is 2. The van der Waals surface area contributed by atoms with Gasteiger partial charge >= 0.3 is 18.1 Å². The van der Waals surface area contributed by atoms with Crippen molar-refractivity contribution in [2.75, 3.05) is 25.6 Å². The molecular weight excluding hydrogens is 693 g/mol. The first kappa shape index (κ1) is 39.9. The molecule has 0 atom stereocenters. The van der Waals surface area contributed by atoms with Gasteiger partial charge in [-0.15, -0.1) is 0 Å². The van der Waals surface area contributed by atoms with Gasteiger partial charge in [0.05, 0.1) is 31.3 Å². The maximum Gasteiger partial charge on any atom is 0.416 e. The Morgan fingerprint density at radius 3 is 2.13 bits per heavy atom. The highest BCUT2D eigenvalue weighted by atomic mass is 19.4. The largest absolute Gasteiger partial charge is 0.497 e. The lowest BCUT2D eigenvalue weighted by Crippen LogP contribution is -2.35. The van der Waals surface area contributed by atoms with Crippen molar-refractivity contribution in [1.29, 1.82) is 0 Å².